The van der Waals surface area contributed by atoms with Crippen molar-refractivity contribution in [2.24, 2.45) is 5.92 Å². The van der Waals surface area contributed by atoms with E-state index in [1.54, 1.807) is 10.6 Å². The molecule has 0 spiro atoms. The molecule has 2 heterocycles. The van der Waals surface area contributed by atoms with E-state index >= 15 is 0 Å². The fourth-order valence-corrected chi connectivity index (χ4v) is 2.90. The fraction of sp³-hybridized carbons (Fsp3) is 0.615. The van der Waals surface area contributed by atoms with E-state index in [0.29, 0.717) is 16.8 Å². The van der Waals surface area contributed by atoms with Crippen LogP contribution in [0.15, 0.2) is 12.4 Å². The van der Waals surface area contributed by atoms with Crippen LogP contribution in [0.2, 0.25) is 5.15 Å². The van der Waals surface area contributed by atoms with E-state index in [0.717, 1.165) is 18.8 Å². The van der Waals surface area contributed by atoms with E-state index in [1.165, 1.54) is 25.6 Å². The Kier molecular flexibility index (Phi) is 3.55. The maximum atomic E-state index is 6.08. The molecule has 0 radical (unpaired) electrons. The second-order valence-electron chi connectivity index (χ2n) is 5.07. The minimum absolute atomic E-state index is 0.240. The lowest BCUT2D eigenvalue weighted by Crippen LogP contribution is -2.26. The summed E-state index contributed by atoms with van der Waals surface area (Å²) >= 11 is 5.98. The molecule has 1 fully saturated rings. The maximum Gasteiger partial charge on any atom is 0.256 e. The van der Waals surface area contributed by atoms with E-state index in [4.69, 9.17) is 16.3 Å². The number of fused-ring (bicyclic) bond motifs is 1. The second kappa shape index (κ2) is 5.33. The molecular formula is C13H17ClN4O. The Hall–Kier alpha value is -1.36. The van der Waals surface area contributed by atoms with Crippen LogP contribution in [0.4, 0.5) is 0 Å². The molecule has 2 atom stereocenters. The third-order valence-corrected chi connectivity index (χ3v) is 3.98. The zero-order valence-corrected chi connectivity index (χ0v) is 11.7. The quantitative estimate of drug-likeness (QED) is 0.811. The molecule has 2 aromatic heterocycles. The van der Waals surface area contributed by atoms with E-state index in [9.17, 15) is 0 Å². The van der Waals surface area contributed by atoms with Gasteiger partial charge in [0.2, 0.25) is 5.88 Å². The molecule has 19 heavy (non-hydrogen) atoms. The summed E-state index contributed by atoms with van der Waals surface area (Å²) in [5.41, 5.74) is 0. The van der Waals surface area contributed by atoms with Gasteiger partial charge < -0.3 is 4.74 Å². The number of hydrogen-bond acceptors (Lipinski definition) is 4. The number of nitrogens with zero attached hydrogens (tertiary/aromatic N) is 4. The van der Waals surface area contributed by atoms with Crippen molar-refractivity contribution in [1.29, 1.82) is 0 Å². The first kappa shape index (κ1) is 12.7. The Morgan fingerprint density at radius 3 is 3.21 bits per heavy atom. The van der Waals surface area contributed by atoms with E-state index < -0.39 is 0 Å². The van der Waals surface area contributed by atoms with Crippen LogP contribution >= 0.6 is 11.6 Å². The molecule has 0 N–H and O–H groups in total. The molecule has 102 valence electrons. The van der Waals surface area contributed by atoms with Gasteiger partial charge in [0, 0.05) is 6.07 Å². The molecule has 5 nitrogen and oxygen atoms in total. The van der Waals surface area contributed by atoms with Crippen molar-refractivity contribution >= 4 is 17.4 Å². The second-order valence-corrected chi connectivity index (χ2v) is 5.46. The van der Waals surface area contributed by atoms with Gasteiger partial charge in [-0.2, -0.15) is 19.6 Å². The van der Waals surface area contributed by atoms with Crippen molar-refractivity contribution in [2.75, 3.05) is 0 Å². The minimum atomic E-state index is 0.240. The average Bonchev–Trinajstić information content (AvgIpc) is 2.87. The highest BCUT2D eigenvalue weighted by molar-refractivity contribution is 6.29. The molecule has 3 rings (SSSR count). The lowest BCUT2D eigenvalue weighted by Gasteiger charge is -2.28. The molecule has 1 aliphatic rings. The van der Waals surface area contributed by atoms with Crippen LogP contribution < -0.4 is 4.74 Å². The summed E-state index contributed by atoms with van der Waals surface area (Å²) in [6.45, 7) is 2.24. The Morgan fingerprint density at radius 2 is 2.37 bits per heavy atom. The third-order valence-electron chi connectivity index (χ3n) is 3.79. The topological polar surface area (TPSA) is 52.3 Å². The SMILES string of the molecule is CCC1CCCC(Oc2cc(Cl)nc3ncnn23)C1. The smallest absolute Gasteiger partial charge is 0.256 e. The van der Waals surface area contributed by atoms with Gasteiger partial charge in [-0.1, -0.05) is 31.4 Å². The molecule has 2 aromatic rings. The molecule has 1 saturated carbocycles. The minimum Gasteiger partial charge on any atom is -0.474 e. The highest BCUT2D eigenvalue weighted by Gasteiger charge is 2.23. The Morgan fingerprint density at radius 1 is 1.47 bits per heavy atom. The van der Waals surface area contributed by atoms with Crippen LogP contribution in [-0.2, 0) is 0 Å². The number of ether oxygens (including phenoxy) is 1. The monoisotopic (exact) mass is 280 g/mol. The van der Waals surface area contributed by atoms with Gasteiger partial charge in [0.1, 0.15) is 17.6 Å². The lowest BCUT2D eigenvalue weighted by atomic mass is 9.85. The Labute approximate surface area is 117 Å². The van der Waals surface area contributed by atoms with Crippen LogP contribution in [0.25, 0.3) is 5.78 Å². The first-order valence-corrected chi connectivity index (χ1v) is 7.17. The van der Waals surface area contributed by atoms with Gasteiger partial charge >= 0.3 is 0 Å². The molecule has 0 aromatic carbocycles. The van der Waals surface area contributed by atoms with Crippen molar-refractivity contribution in [3.05, 3.63) is 17.5 Å². The Balaban J connectivity index is 1.82. The van der Waals surface area contributed by atoms with Gasteiger partial charge in [-0.05, 0) is 25.2 Å². The zero-order chi connectivity index (χ0) is 13.2. The van der Waals surface area contributed by atoms with E-state index in [1.807, 2.05) is 0 Å². The summed E-state index contributed by atoms with van der Waals surface area (Å²) in [5.74, 6) is 1.88. The first-order valence-electron chi connectivity index (χ1n) is 6.79. The van der Waals surface area contributed by atoms with Gasteiger partial charge in [-0.15, -0.1) is 0 Å². The van der Waals surface area contributed by atoms with Crippen LogP contribution in [0.5, 0.6) is 5.88 Å². The normalized spacial score (nSPS) is 23.7. The predicted molar refractivity (Wildman–Crippen MR) is 72.5 cm³/mol. The lowest BCUT2D eigenvalue weighted by molar-refractivity contribution is 0.114. The van der Waals surface area contributed by atoms with Crippen molar-refractivity contribution in [3.8, 4) is 5.88 Å². The van der Waals surface area contributed by atoms with Gasteiger partial charge in [0.05, 0.1) is 0 Å². The van der Waals surface area contributed by atoms with Crippen molar-refractivity contribution in [3.63, 3.8) is 0 Å². The molecule has 0 saturated heterocycles. The van der Waals surface area contributed by atoms with Crippen molar-refractivity contribution in [2.45, 2.75) is 45.1 Å². The fourth-order valence-electron chi connectivity index (χ4n) is 2.73. The maximum absolute atomic E-state index is 6.08. The van der Waals surface area contributed by atoms with E-state index in [-0.39, 0.29) is 6.10 Å². The predicted octanol–water partition coefficient (Wildman–Crippen LogP) is 3.13. The summed E-state index contributed by atoms with van der Waals surface area (Å²) in [7, 11) is 0. The van der Waals surface area contributed by atoms with Gasteiger partial charge in [-0.3, -0.25) is 0 Å². The largest absolute Gasteiger partial charge is 0.474 e. The third kappa shape index (κ3) is 2.66. The summed E-state index contributed by atoms with van der Waals surface area (Å²) in [5, 5.41) is 4.51. The van der Waals surface area contributed by atoms with Crippen molar-refractivity contribution < 1.29 is 4.74 Å². The standard InChI is InChI=1S/C13H17ClN4O/c1-2-9-4-3-5-10(6-9)19-12-7-11(14)17-13-15-8-16-18(12)13/h7-10H,2-6H2,1H3. The number of halogens is 1. The van der Waals surface area contributed by atoms with Gasteiger partial charge in [0.15, 0.2) is 0 Å². The summed E-state index contributed by atoms with van der Waals surface area (Å²) in [6.07, 6.45) is 7.65. The van der Waals surface area contributed by atoms with E-state index in [2.05, 4.69) is 22.0 Å². The summed E-state index contributed by atoms with van der Waals surface area (Å²) < 4.78 is 7.67. The number of aromatic nitrogens is 4. The van der Waals surface area contributed by atoms with Crippen LogP contribution in [-0.4, -0.2) is 25.7 Å². The summed E-state index contributed by atoms with van der Waals surface area (Å²) in [6, 6.07) is 1.71. The van der Waals surface area contributed by atoms with Crippen molar-refractivity contribution in [1.82, 2.24) is 19.6 Å². The summed E-state index contributed by atoms with van der Waals surface area (Å²) in [4.78, 5) is 8.14. The van der Waals surface area contributed by atoms with Crippen LogP contribution in [0.1, 0.15) is 39.0 Å². The molecule has 6 heteroatoms. The first-order chi connectivity index (χ1) is 9.26. The zero-order valence-electron chi connectivity index (χ0n) is 10.9. The van der Waals surface area contributed by atoms with Gasteiger partial charge in [-0.25, -0.2) is 0 Å². The molecule has 2 unspecified atom stereocenters. The highest BCUT2D eigenvalue weighted by atomic mass is 35.5. The number of rotatable bonds is 3. The van der Waals surface area contributed by atoms with Gasteiger partial charge in [0.25, 0.3) is 5.78 Å². The molecular weight excluding hydrogens is 264 g/mol. The number of hydrogen-bond donors (Lipinski definition) is 0. The Bertz CT molecular complexity index is 571. The molecule has 0 aliphatic heterocycles. The molecule has 0 bridgehead atoms. The van der Waals surface area contributed by atoms with Crippen LogP contribution in [0.3, 0.4) is 0 Å². The average molecular weight is 281 g/mol. The molecule has 0 amide bonds. The van der Waals surface area contributed by atoms with Crippen LogP contribution in [0, 0.1) is 5.92 Å². The highest BCUT2D eigenvalue weighted by Crippen LogP contribution is 2.30. The molecule has 1 aliphatic carbocycles.